The maximum absolute atomic E-state index is 13.7. The minimum absolute atomic E-state index is 0.0582. The van der Waals surface area contributed by atoms with Gasteiger partial charge in [-0.2, -0.15) is 0 Å². The summed E-state index contributed by atoms with van der Waals surface area (Å²) in [6, 6.07) is 18.2. The van der Waals surface area contributed by atoms with E-state index in [4.69, 9.17) is 9.15 Å². The van der Waals surface area contributed by atoms with Crippen molar-refractivity contribution in [2.75, 3.05) is 6.61 Å². The predicted octanol–water partition coefficient (Wildman–Crippen LogP) is 5.63. The van der Waals surface area contributed by atoms with Gasteiger partial charge in [0.1, 0.15) is 11.6 Å². The van der Waals surface area contributed by atoms with Gasteiger partial charge in [-0.15, -0.1) is 0 Å². The van der Waals surface area contributed by atoms with Gasteiger partial charge in [0, 0.05) is 19.0 Å². The summed E-state index contributed by atoms with van der Waals surface area (Å²) < 4.78 is 24.8. The average molecular weight is 407 g/mol. The van der Waals surface area contributed by atoms with Gasteiger partial charge in [0.2, 0.25) is 0 Å². The second-order valence-corrected chi connectivity index (χ2v) is 7.68. The summed E-state index contributed by atoms with van der Waals surface area (Å²) in [4.78, 5) is 14.9. The maximum atomic E-state index is 13.7. The lowest BCUT2D eigenvalue weighted by Gasteiger charge is -2.28. The summed E-state index contributed by atoms with van der Waals surface area (Å²) in [7, 11) is 0. The summed E-state index contributed by atoms with van der Waals surface area (Å²) in [5.41, 5.74) is 1.70. The predicted molar refractivity (Wildman–Crippen MR) is 113 cm³/mol. The van der Waals surface area contributed by atoms with Crippen LogP contribution in [0.3, 0.4) is 0 Å². The van der Waals surface area contributed by atoms with Crippen molar-refractivity contribution in [2.24, 2.45) is 0 Å². The zero-order chi connectivity index (χ0) is 20.8. The minimum atomic E-state index is -0.204. The van der Waals surface area contributed by atoms with Crippen LogP contribution in [0.5, 0.6) is 5.75 Å². The van der Waals surface area contributed by atoms with Crippen molar-refractivity contribution in [3.05, 3.63) is 89.6 Å². The molecule has 0 radical (unpaired) electrons. The third-order valence-electron chi connectivity index (χ3n) is 5.63. The first-order valence-corrected chi connectivity index (χ1v) is 10.5. The number of amides is 1. The zero-order valence-corrected chi connectivity index (χ0v) is 16.9. The number of carbonyl (C=O) groups is 1. The summed E-state index contributed by atoms with van der Waals surface area (Å²) in [5, 5.41) is 0. The quantitative estimate of drug-likeness (QED) is 0.486. The van der Waals surface area contributed by atoms with Crippen LogP contribution >= 0.6 is 0 Å². The third-order valence-corrected chi connectivity index (χ3v) is 5.63. The summed E-state index contributed by atoms with van der Waals surface area (Å²) in [6.45, 7) is 0.950. The topological polar surface area (TPSA) is 42.7 Å². The van der Waals surface area contributed by atoms with E-state index < -0.39 is 0 Å². The van der Waals surface area contributed by atoms with E-state index in [1.54, 1.807) is 24.3 Å². The Morgan fingerprint density at radius 1 is 1.03 bits per heavy atom. The van der Waals surface area contributed by atoms with Crippen molar-refractivity contribution in [2.45, 2.75) is 44.7 Å². The van der Waals surface area contributed by atoms with Gasteiger partial charge in [0.15, 0.2) is 5.76 Å². The SMILES string of the molecule is O=C(c1ccco1)N(Cc1ccc(OCCc2ccccc2F)cc1)C1CCCC1. The largest absolute Gasteiger partial charge is 0.493 e. The molecule has 0 spiro atoms. The standard InChI is InChI=1S/C25H26FNO3/c26-23-9-4-1-6-20(23)15-17-29-22-13-11-19(12-14-22)18-27(21-7-2-3-8-21)25(28)24-10-5-16-30-24/h1,4-6,9-14,16,21H,2-3,7-8,15,17-18H2. The number of halogens is 1. The van der Waals surface area contributed by atoms with Gasteiger partial charge < -0.3 is 14.1 Å². The molecule has 156 valence electrons. The van der Waals surface area contributed by atoms with Gasteiger partial charge in [-0.3, -0.25) is 4.79 Å². The van der Waals surface area contributed by atoms with E-state index in [0.29, 0.717) is 30.9 Å². The van der Waals surface area contributed by atoms with Crippen molar-refractivity contribution >= 4 is 5.91 Å². The third kappa shape index (κ3) is 4.90. The second kappa shape index (κ2) is 9.61. The number of hydrogen-bond donors (Lipinski definition) is 0. The van der Waals surface area contributed by atoms with Crippen LogP contribution in [0.15, 0.2) is 71.3 Å². The average Bonchev–Trinajstić information content (AvgIpc) is 3.48. The Kier molecular flexibility index (Phi) is 6.47. The Morgan fingerprint density at radius 3 is 2.50 bits per heavy atom. The fourth-order valence-corrected chi connectivity index (χ4v) is 3.99. The molecule has 0 aliphatic heterocycles. The van der Waals surface area contributed by atoms with E-state index in [1.807, 2.05) is 35.2 Å². The fourth-order valence-electron chi connectivity index (χ4n) is 3.99. The van der Waals surface area contributed by atoms with Crippen LogP contribution in [0.1, 0.15) is 47.4 Å². The van der Waals surface area contributed by atoms with E-state index in [9.17, 15) is 9.18 Å². The molecular formula is C25H26FNO3. The molecule has 1 aromatic heterocycles. The highest BCUT2D eigenvalue weighted by molar-refractivity contribution is 5.91. The van der Waals surface area contributed by atoms with Crippen LogP contribution in [-0.4, -0.2) is 23.5 Å². The molecule has 4 nitrogen and oxygen atoms in total. The van der Waals surface area contributed by atoms with Gasteiger partial charge in [0.05, 0.1) is 12.9 Å². The molecule has 1 fully saturated rings. The fraction of sp³-hybridized carbons (Fsp3) is 0.320. The molecule has 5 heteroatoms. The first kappa shape index (κ1) is 20.2. The van der Waals surface area contributed by atoms with Crippen molar-refractivity contribution in [1.29, 1.82) is 0 Å². The maximum Gasteiger partial charge on any atom is 0.290 e. The Bertz CT molecular complexity index is 947. The van der Waals surface area contributed by atoms with Crippen molar-refractivity contribution < 1.29 is 18.3 Å². The molecule has 1 aliphatic rings. The van der Waals surface area contributed by atoms with Crippen LogP contribution < -0.4 is 4.74 Å². The molecule has 3 aromatic rings. The van der Waals surface area contributed by atoms with E-state index in [-0.39, 0.29) is 17.8 Å². The van der Waals surface area contributed by atoms with Crippen molar-refractivity contribution in [3.8, 4) is 5.75 Å². The summed E-state index contributed by atoms with van der Waals surface area (Å²) >= 11 is 0. The molecule has 0 N–H and O–H groups in total. The van der Waals surface area contributed by atoms with E-state index in [0.717, 1.165) is 37.0 Å². The number of nitrogens with zero attached hydrogens (tertiary/aromatic N) is 1. The van der Waals surface area contributed by atoms with Crippen LogP contribution in [0, 0.1) is 5.82 Å². The molecule has 1 aliphatic carbocycles. The number of hydrogen-bond acceptors (Lipinski definition) is 3. The van der Waals surface area contributed by atoms with Gasteiger partial charge in [-0.05, 0) is 54.3 Å². The molecule has 1 heterocycles. The normalized spacial score (nSPS) is 14.0. The molecule has 0 saturated heterocycles. The van der Waals surface area contributed by atoms with Crippen molar-refractivity contribution in [1.82, 2.24) is 4.90 Å². The number of benzene rings is 2. The van der Waals surface area contributed by atoms with Crippen LogP contribution in [0.25, 0.3) is 0 Å². The Balaban J connectivity index is 1.37. The Hall–Kier alpha value is -3.08. The lowest BCUT2D eigenvalue weighted by molar-refractivity contribution is 0.0631. The van der Waals surface area contributed by atoms with Gasteiger partial charge in [-0.1, -0.05) is 43.2 Å². The molecular weight excluding hydrogens is 381 g/mol. The molecule has 1 amide bonds. The minimum Gasteiger partial charge on any atom is -0.493 e. The Labute approximate surface area is 176 Å². The highest BCUT2D eigenvalue weighted by Crippen LogP contribution is 2.27. The monoisotopic (exact) mass is 407 g/mol. The summed E-state index contributed by atoms with van der Waals surface area (Å²) in [5.74, 6) is 0.858. The van der Waals surface area contributed by atoms with Gasteiger partial charge in [-0.25, -0.2) is 4.39 Å². The molecule has 30 heavy (non-hydrogen) atoms. The van der Waals surface area contributed by atoms with Gasteiger partial charge >= 0.3 is 0 Å². The van der Waals surface area contributed by atoms with E-state index in [1.165, 1.54) is 12.3 Å². The summed E-state index contributed by atoms with van der Waals surface area (Å²) in [6.07, 6.45) is 6.42. The lowest BCUT2D eigenvalue weighted by atomic mass is 10.1. The highest BCUT2D eigenvalue weighted by atomic mass is 19.1. The van der Waals surface area contributed by atoms with E-state index in [2.05, 4.69) is 0 Å². The number of ether oxygens (including phenoxy) is 1. The van der Waals surface area contributed by atoms with Gasteiger partial charge in [0.25, 0.3) is 5.91 Å². The molecule has 1 saturated carbocycles. The highest BCUT2D eigenvalue weighted by Gasteiger charge is 2.28. The first-order chi connectivity index (χ1) is 14.7. The molecule has 0 bridgehead atoms. The number of furan rings is 1. The van der Waals surface area contributed by atoms with Crippen molar-refractivity contribution in [3.63, 3.8) is 0 Å². The lowest BCUT2D eigenvalue weighted by Crippen LogP contribution is -2.38. The molecule has 0 unspecified atom stereocenters. The first-order valence-electron chi connectivity index (χ1n) is 10.5. The van der Waals surface area contributed by atoms with Crippen LogP contribution in [0.4, 0.5) is 4.39 Å². The van der Waals surface area contributed by atoms with Crippen LogP contribution in [-0.2, 0) is 13.0 Å². The molecule has 4 rings (SSSR count). The van der Waals surface area contributed by atoms with Crippen LogP contribution in [0.2, 0.25) is 0 Å². The van der Waals surface area contributed by atoms with E-state index >= 15 is 0 Å². The number of carbonyl (C=O) groups excluding carboxylic acids is 1. The number of rotatable bonds is 8. The smallest absolute Gasteiger partial charge is 0.290 e. The molecule has 0 atom stereocenters. The molecule has 2 aromatic carbocycles. The Morgan fingerprint density at radius 2 is 1.80 bits per heavy atom. The zero-order valence-electron chi connectivity index (χ0n) is 16.9. The second-order valence-electron chi connectivity index (χ2n) is 7.68.